The number of rotatable bonds is 1. The van der Waals surface area contributed by atoms with Crippen molar-refractivity contribution in [3.05, 3.63) is 36.5 Å². The number of fused-ring (bicyclic) bond motifs is 9. The first-order valence-corrected chi connectivity index (χ1v) is 11.0. The van der Waals surface area contributed by atoms with Gasteiger partial charge in [-0.2, -0.15) is 0 Å². The summed E-state index contributed by atoms with van der Waals surface area (Å²) in [6, 6.07) is 0. The monoisotopic (exact) mass is 379 g/mol. The summed E-state index contributed by atoms with van der Waals surface area (Å²) in [6.07, 6.45) is 14.7. The molecule has 4 saturated carbocycles. The van der Waals surface area contributed by atoms with Crippen molar-refractivity contribution in [3.63, 3.8) is 0 Å². The zero-order chi connectivity index (χ0) is 19.3. The van der Waals surface area contributed by atoms with Crippen molar-refractivity contribution in [2.45, 2.75) is 51.0 Å². The number of ether oxygens (including phenoxy) is 1. The lowest BCUT2D eigenvalue weighted by molar-refractivity contribution is -0.169. The van der Waals surface area contributed by atoms with Crippen LogP contribution in [0.1, 0.15) is 45.4 Å². The number of allylic oxidation sites excluding steroid dienone is 3. The number of esters is 1. The fraction of sp³-hybridized carbons (Fsp3) is 0.667. The molecule has 0 aromatic heterocycles. The second-order valence-electron chi connectivity index (χ2n) is 10.3. The van der Waals surface area contributed by atoms with E-state index < -0.39 is 0 Å². The van der Waals surface area contributed by atoms with E-state index in [0.29, 0.717) is 41.4 Å². The van der Waals surface area contributed by atoms with Crippen molar-refractivity contribution >= 4 is 11.7 Å². The first-order valence-electron chi connectivity index (χ1n) is 11.0. The Kier molecular flexibility index (Phi) is 3.29. The van der Waals surface area contributed by atoms with Crippen molar-refractivity contribution in [1.82, 2.24) is 0 Å². The maximum atomic E-state index is 12.1. The van der Waals surface area contributed by atoms with E-state index in [1.807, 2.05) is 0 Å². The highest BCUT2D eigenvalue weighted by Gasteiger charge is 2.78. The maximum Gasteiger partial charge on any atom is 0.331 e. The highest BCUT2D eigenvalue weighted by Crippen LogP contribution is 2.78. The Labute approximate surface area is 166 Å². The molecule has 1 aliphatic heterocycles. The molecule has 0 amide bonds. The summed E-state index contributed by atoms with van der Waals surface area (Å²) in [7, 11) is 0. The number of hydrogen-bond acceptors (Lipinski definition) is 4. The van der Waals surface area contributed by atoms with Crippen LogP contribution in [0.2, 0.25) is 0 Å². The first-order chi connectivity index (χ1) is 13.5. The fourth-order valence-corrected chi connectivity index (χ4v) is 8.55. The molecule has 0 radical (unpaired) electrons. The van der Waals surface area contributed by atoms with E-state index in [-0.39, 0.29) is 17.0 Å². The average Bonchev–Trinajstić information content (AvgIpc) is 3.35. The molecule has 5 aliphatic carbocycles. The molecule has 6 aliphatic rings. The highest BCUT2D eigenvalue weighted by molar-refractivity contribution is 5.96. The van der Waals surface area contributed by atoms with Gasteiger partial charge in [-0.05, 0) is 86.2 Å². The van der Waals surface area contributed by atoms with Crippen LogP contribution >= 0.6 is 0 Å². The van der Waals surface area contributed by atoms with Gasteiger partial charge in [0.2, 0.25) is 0 Å². The van der Waals surface area contributed by atoms with Crippen LogP contribution in [0.15, 0.2) is 41.6 Å². The number of carbonyl (C=O) groups is 1. The smallest absolute Gasteiger partial charge is 0.331 e. The zero-order valence-electron chi connectivity index (χ0n) is 16.5. The van der Waals surface area contributed by atoms with Gasteiger partial charge in [0, 0.05) is 17.4 Å². The Bertz CT molecular complexity index is 856. The van der Waals surface area contributed by atoms with Crippen LogP contribution < -0.4 is 0 Å². The van der Waals surface area contributed by atoms with Gasteiger partial charge in [-0.1, -0.05) is 23.7 Å². The molecule has 28 heavy (non-hydrogen) atoms. The number of carbonyl (C=O) groups excluding carboxylic acids is 1. The molecule has 1 spiro atoms. The van der Waals surface area contributed by atoms with E-state index in [9.17, 15) is 10.0 Å². The predicted octanol–water partition coefficient (Wildman–Crippen LogP) is 4.51. The molecule has 6 unspecified atom stereocenters. The van der Waals surface area contributed by atoms with Gasteiger partial charge in [0.05, 0.1) is 5.71 Å². The van der Waals surface area contributed by atoms with E-state index >= 15 is 0 Å². The molecular weight excluding hydrogens is 350 g/mol. The van der Waals surface area contributed by atoms with E-state index in [2.05, 4.69) is 36.9 Å². The topological polar surface area (TPSA) is 58.9 Å². The number of nitrogens with zero attached hydrogens (tertiary/aromatic N) is 1. The van der Waals surface area contributed by atoms with Crippen LogP contribution in [0.25, 0.3) is 0 Å². The molecule has 0 aromatic carbocycles. The molecule has 9 atom stereocenters. The van der Waals surface area contributed by atoms with Crippen LogP contribution in [-0.4, -0.2) is 22.5 Å². The minimum atomic E-state index is -0.352. The van der Waals surface area contributed by atoms with Crippen LogP contribution in [0.3, 0.4) is 0 Å². The standard InChI is InChI=1S/C24H29NO3/c1-3-13-10-14-11-15(25-27)4-5-16(14)17-6-8-23(2)22(21(13)17)18-12-19(18)24(23)9-7-20(26)28-24/h3,7,9,11,13,16-19,21-22,27H,1,4-6,8,10,12H2,2H3/b25-15+/t13?,16-,17?,18?,19?,21?,22?,23-,24-/m0/s1. The van der Waals surface area contributed by atoms with Gasteiger partial charge in [0.25, 0.3) is 0 Å². The maximum absolute atomic E-state index is 12.1. The average molecular weight is 380 g/mol. The van der Waals surface area contributed by atoms with Gasteiger partial charge < -0.3 is 9.94 Å². The third kappa shape index (κ3) is 1.87. The number of oxime groups is 1. The van der Waals surface area contributed by atoms with Crippen LogP contribution in [0.4, 0.5) is 0 Å². The summed E-state index contributed by atoms with van der Waals surface area (Å²) in [6.45, 7) is 6.63. The Balaban J connectivity index is 1.41. The number of hydrogen-bond donors (Lipinski definition) is 1. The second kappa shape index (κ2) is 5.40. The highest BCUT2D eigenvalue weighted by atomic mass is 16.6. The molecule has 148 valence electrons. The van der Waals surface area contributed by atoms with Crippen molar-refractivity contribution in [1.29, 1.82) is 0 Å². The van der Waals surface area contributed by atoms with Crippen molar-refractivity contribution in [2.75, 3.05) is 0 Å². The molecule has 0 saturated heterocycles. The van der Waals surface area contributed by atoms with Gasteiger partial charge in [-0.3, -0.25) is 0 Å². The van der Waals surface area contributed by atoms with E-state index in [1.165, 1.54) is 18.4 Å². The SMILES string of the molecule is C=CC1CC2=C/C(=N/O)CC[C@@H]2C2CC[C@@]3(C)C(C4CC4[C@@]34C=CC(=O)O4)C12. The summed E-state index contributed by atoms with van der Waals surface area (Å²) in [5.74, 6) is 4.08. The summed E-state index contributed by atoms with van der Waals surface area (Å²) >= 11 is 0. The fourth-order valence-electron chi connectivity index (χ4n) is 8.55. The minimum absolute atomic E-state index is 0.0548. The summed E-state index contributed by atoms with van der Waals surface area (Å²) in [5.41, 5.74) is 2.01. The third-order valence-corrected chi connectivity index (χ3v) is 9.58. The molecule has 4 fully saturated rings. The van der Waals surface area contributed by atoms with Gasteiger partial charge in [-0.15, -0.1) is 6.58 Å². The van der Waals surface area contributed by atoms with Crippen LogP contribution in [0.5, 0.6) is 0 Å². The lowest BCUT2D eigenvalue weighted by atomic mass is 9.47. The van der Waals surface area contributed by atoms with E-state index in [0.717, 1.165) is 31.4 Å². The molecular formula is C24H29NO3. The summed E-state index contributed by atoms with van der Waals surface area (Å²) in [5, 5.41) is 12.7. The Hall–Kier alpha value is -1.84. The lowest BCUT2D eigenvalue weighted by Crippen LogP contribution is -2.56. The summed E-state index contributed by atoms with van der Waals surface area (Å²) in [4.78, 5) is 12.1. The van der Waals surface area contributed by atoms with Crippen molar-refractivity contribution < 1.29 is 14.7 Å². The quantitative estimate of drug-likeness (QED) is 0.316. The molecule has 0 aromatic rings. The Morgan fingerprint density at radius 3 is 2.93 bits per heavy atom. The molecule has 6 rings (SSSR count). The minimum Gasteiger partial charge on any atom is -0.451 e. The molecule has 0 bridgehead atoms. The third-order valence-electron chi connectivity index (χ3n) is 9.58. The molecule has 1 N–H and O–H groups in total. The van der Waals surface area contributed by atoms with E-state index in [1.54, 1.807) is 6.08 Å². The predicted molar refractivity (Wildman–Crippen MR) is 106 cm³/mol. The van der Waals surface area contributed by atoms with Gasteiger partial charge in [0.1, 0.15) is 5.60 Å². The van der Waals surface area contributed by atoms with E-state index in [4.69, 9.17) is 4.74 Å². The molecule has 4 nitrogen and oxygen atoms in total. The van der Waals surface area contributed by atoms with Crippen LogP contribution in [0, 0.1) is 46.8 Å². The van der Waals surface area contributed by atoms with Gasteiger partial charge in [0.15, 0.2) is 0 Å². The molecule has 4 heteroatoms. The van der Waals surface area contributed by atoms with Crippen molar-refractivity contribution in [3.8, 4) is 0 Å². The Morgan fingerprint density at radius 1 is 1.36 bits per heavy atom. The zero-order valence-corrected chi connectivity index (χ0v) is 16.5. The second-order valence-corrected chi connectivity index (χ2v) is 10.3. The first kappa shape index (κ1) is 17.1. The van der Waals surface area contributed by atoms with Gasteiger partial charge in [-0.25, -0.2) is 4.79 Å². The normalized spacial score (nSPS) is 54.5. The lowest BCUT2D eigenvalue weighted by Gasteiger charge is -2.58. The van der Waals surface area contributed by atoms with Crippen LogP contribution in [-0.2, 0) is 9.53 Å². The summed E-state index contributed by atoms with van der Waals surface area (Å²) < 4.78 is 6.09. The Morgan fingerprint density at radius 2 is 2.21 bits per heavy atom. The largest absolute Gasteiger partial charge is 0.451 e. The van der Waals surface area contributed by atoms with Gasteiger partial charge >= 0.3 is 5.97 Å². The van der Waals surface area contributed by atoms with Crippen molar-refractivity contribution in [2.24, 2.45) is 52.0 Å². The molecule has 1 heterocycles.